The molecule has 0 amide bonds. The van der Waals surface area contributed by atoms with Gasteiger partial charge >= 0.3 is 5.97 Å². The van der Waals surface area contributed by atoms with Gasteiger partial charge < -0.3 is 14.2 Å². The molecule has 0 aliphatic rings. The van der Waals surface area contributed by atoms with E-state index in [4.69, 9.17) is 0 Å². The zero-order valence-electron chi connectivity index (χ0n) is 7.47. The third-order valence-corrected chi connectivity index (χ3v) is 1.90. The average Bonchev–Trinajstić information content (AvgIpc) is 2.59. The summed E-state index contributed by atoms with van der Waals surface area (Å²) in [6.07, 6.45) is 3.10. The second-order valence-electron chi connectivity index (χ2n) is 2.76. The molecule has 5 heteroatoms. The van der Waals surface area contributed by atoms with Crippen molar-refractivity contribution in [3.63, 3.8) is 0 Å². The van der Waals surface area contributed by atoms with Gasteiger partial charge in [0, 0.05) is 12.3 Å². The number of hydrogen-bond donors (Lipinski definition) is 1. The molecule has 72 valence electrons. The van der Waals surface area contributed by atoms with Gasteiger partial charge in [0.1, 0.15) is 12.1 Å². The van der Waals surface area contributed by atoms with E-state index in [1.54, 1.807) is 10.6 Å². The summed E-state index contributed by atoms with van der Waals surface area (Å²) in [6, 6.07) is 2.97. The van der Waals surface area contributed by atoms with Gasteiger partial charge in [-0.2, -0.15) is 0 Å². The van der Waals surface area contributed by atoms with E-state index >= 15 is 0 Å². The number of nitrogens with zero attached hydrogens (tertiary/aromatic N) is 2. The van der Waals surface area contributed by atoms with Crippen molar-refractivity contribution in [2.24, 2.45) is 0 Å². The largest absolute Gasteiger partial charge is 0.508 e. The van der Waals surface area contributed by atoms with Gasteiger partial charge in [0.15, 0.2) is 5.69 Å². The number of hydrogen-bond acceptors (Lipinski definition) is 4. The SMILES string of the molecule is COC(=O)c1ncn2ccc(O)cc12. The van der Waals surface area contributed by atoms with E-state index in [1.807, 2.05) is 0 Å². The molecule has 0 unspecified atom stereocenters. The third-order valence-electron chi connectivity index (χ3n) is 1.90. The van der Waals surface area contributed by atoms with Crippen LogP contribution in [0.15, 0.2) is 24.7 Å². The molecule has 2 aromatic heterocycles. The summed E-state index contributed by atoms with van der Waals surface area (Å²) in [7, 11) is 1.29. The zero-order chi connectivity index (χ0) is 10.1. The van der Waals surface area contributed by atoms with E-state index in [9.17, 15) is 9.90 Å². The van der Waals surface area contributed by atoms with Crippen molar-refractivity contribution < 1.29 is 14.6 Å². The highest BCUT2D eigenvalue weighted by Crippen LogP contribution is 2.16. The van der Waals surface area contributed by atoms with Crippen molar-refractivity contribution in [2.45, 2.75) is 0 Å². The molecule has 1 N–H and O–H groups in total. The molecule has 0 radical (unpaired) electrons. The highest BCUT2D eigenvalue weighted by Gasteiger charge is 2.13. The van der Waals surface area contributed by atoms with Crippen LogP contribution >= 0.6 is 0 Å². The number of carbonyl (C=O) groups is 1. The van der Waals surface area contributed by atoms with Crippen molar-refractivity contribution >= 4 is 11.5 Å². The molecule has 2 rings (SSSR count). The van der Waals surface area contributed by atoms with E-state index in [-0.39, 0.29) is 11.4 Å². The maximum Gasteiger partial charge on any atom is 0.358 e. The highest BCUT2D eigenvalue weighted by molar-refractivity contribution is 5.95. The second kappa shape index (κ2) is 3.02. The van der Waals surface area contributed by atoms with Crippen LogP contribution in [-0.4, -0.2) is 27.6 Å². The van der Waals surface area contributed by atoms with Gasteiger partial charge in [-0.05, 0) is 6.07 Å². The van der Waals surface area contributed by atoms with E-state index in [0.29, 0.717) is 5.52 Å². The molecule has 0 atom stereocenters. The molecule has 0 aliphatic heterocycles. The van der Waals surface area contributed by atoms with Gasteiger partial charge in [-0.1, -0.05) is 0 Å². The molecular weight excluding hydrogens is 184 g/mol. The minimum absolute atomic E-state index is 0.0863. The Hall–Kier alpha value is -2.04. The van der Waals surface area contributed by atoms with Gasteiger partial charge in [-0.15, -0.1) is 0 Å². The first-order valence-electron chi connectivity index (χ1n) is 3.96. The van der Waals surface area contributed by atoms with E-state index in [2.05, 4.69) is 9.72 Å². The van der Waals surface area contributed by atoms with Gasteiger partial charge in [0.05, 0.1) is 12.6 Å². The normalized spacial score (nSPS) is 10.4. The molecule has 0 aliphatic carbocycles. The molecule has 0 aromatic carbocycles. The fourth-order valence-electron chi connectivity index (χ4n) is 1.23. The quantitative estimate of drug-likeness (QED) is 0.679. The average molecular weight is 192 g/mol. The standard InChI is InChI=1S/C9H8N2O3/c1-14-9(13)8-7-4-6(12)2-3-11(7)5-10-8/h2-5,12H,1H3. The molecule has 5 nitrogen and oxygen atoms in total. The van der Waals surface area contributed by atoms with Gasteiger partial charge in [0.2, 0.25) is 0 Å². The molecule has 0 fully saturated rings. The smallest absolute Gasteiger partial charge is 0.358 e. The van der Waals surface area contributed by atoms with Crippen LogP contribution in [0.25, 0.3) is 5.52 Å². The molecule has 14 heavy (non-hydrogen) atoms. The first-order valence-corrected chi connectivity index (χ1v) is 3.96. The summed E-state index contributed by atoms with van der Waals surface area (Å²) in [6.45, 7) is 0. The Morgan fingerprint density at radius 1 is 1.64 bits per heavy atom. The van der Waals surface area contributed by atoms with Crippen LogP contribution in [0.4, 0.5) is 0 Å². The number of methoxy groups -OCH3 is 1. The van der Waals surface area contributed by atoms with Crippen LogP contribution in [0.2, 0.25) is 0 Å². The Balaban J connectivity index is 2.67. The van der Waals surface area contributed by atoms with E-state index in [0.717, 1.165) is 0 Å². The molecule has 0 bridgehead atoms. The summed E-state index contributed by atoms with van der Waals surface area (Å²) in [4.78, 5) is 15.1. The van der Waals surface area contributed by atoms with Crippen molar-refractivity contribution in [3.8, 4) is 5.75 Å². The van der Waals surface area contributed by atoms with Crippen LogP contribution in [0.5, 0.6) is 5.75 Å². The lowest BCUT2D eigenvalue weighted by Gasteiger charge is -1.97. The number of carbonyl (C=O) groups excluding carboxylic acids is 1. The lowest BCUT2D eigenvalue weighted by atomic mass is 10.3. The Labute approximate surface area is 79.6 Å². The van der Waals surface area contributed by atoms with Crippen molar-refractivity contribution in [3.05, 3.63) is 30.4 Å². The molecule has 2 aromatic rings. The second-order valence-corrected chi connectivity index (χ2v) is 2.76. The predicted molar refractivity (Wildman–Crippen MR) is 48.2 cm³/mol. The van der Waals surface area contributed by atoms with E-state index < -0.39 is 5.97 Å². The fourth-order valence-corrected chi connectivity index (χ4v) is 1.23. The van der Waals surface area contributed by atoms with Crippen LogP contribution in [0.3, 0.4) is 0 Å². The third kappa shape index (κ3) is 1.19. The predicted octanol–water partition coefficient (Wildman–Crippen LogP) is 0.827. The van der Waals surface area contributed by atoms with Crippen LogP contribution in [0, 0.1) is 0 Å². The van der Waals surface area contributed by atoms with Crippen LogP contribution in [0.1, 0.15) is 10.5 Å². The molecular formula is C9H8N2O3. The molecule has 2 heterocycles. The summed E-state index contributed by atoms with van der Waals surface area (Å²) in [5.74, 6) is -0.429. The van der Waals surface area contributed by atoms with Crippen molar-refractivity contribution in [1.29, 1.82) is 0 Å². The summed E-state index contributed by atoms with van der Waals surface area (Å²) >= 11 is 0. The van der Waals surface area contributed by atoms with Crippen LogP contribution < -0.4 is 0 Å². The molecule has 0 spiro atoms. The maximum absolute atomic E-state index is 11.2. The summed E-state index contributed by atoms with van der Waals surface area (Å²) in [5, 5.41) is 9.23. The van der Waals surface area contributed by atoms with Crippen molar-refractivity contribution in [2.75, 3.05) is 7.11 Å². The molecule has 0 saturated carbocycles. The molecule has 0 saturated heterocycles. The lowest BCUT2D eigenvalue weighted by molar-refractivity contribution is 0.0597. The summed E-state index contributed by atoms with van der Waals surface area (Å²) in [5.41, 5.74) is 0.722. The lowest BCUT2D eigenvalue weighted by Crippen LogP contribution is -2.01. The van der Waals surface area contributed by atoms with E-state index in [1.165, 1.54) is 25.6 Å². The van der Waals surface area contributed by atoms with Gasteiger partial charge in [-0.3, -0.25) is 0 Å². The monoisotopic (exact) mass is 192 g/mol. The number of rotatable bonds is 1. The number of esters is 1. The Morgan fingerprint density at radius 3 is 3.14 bits per heavy atom. The number of ether oxygens (including phenoxy) is 1. The highest BCUT2D eigenvalue weighted by atomic mass is 16.5. The summed E-state index contributed by atoms with van der Waals surface area (Å²) < 4.78 is 6.18. The number of pyridine rings is 1. The zero-order valence-corrected chi connectivity index (χ0v) is 7.47. The number of aromatic hydroxyl groups is 1. The fraction of sp³-hybridized carbons (Fsp3) is 0.111. The first kappa shape index (κ1) is 8.55. The van der Waals surface area contributed by atoms with Crippen molar-refractivity contribution in [1.82, 2.24) is 9.38 Å². The minimum Gasteiger partial charge on any atom is -0.508 e. The maximum atomic E-state index is 11.2. The Kier molecular flexibility index (Phi) is 1.85. The van der Waals surface area contributed by atoms with Crippen LogP contribution in [-0.2, 0) is 4.74 Å². The topological polar surface area (TPSA) is 63.8 Å². The Bertz CT molecular complexity index is 490. The van der Waals surface area contributed by atoms with Gasteiger partial charge in [0.25, 0.3) is 0 Å². The minimum atomic E-state index is -0.516. The number of aromatic nitrogens is 2. The van der Waals surface area contributed by atoms with Gasteiger partial charge in [-0.25, -0.2) is 9.78 Å². The number of fused-ring (bicyclic) bond motifs is 1. The number of imidazole rings is 1. The first-order chi connectivity index (χ1) is 6.72. The Morgan fingerprint density at radius 2 is 2.43 bits per heavy atom.